The van der Waals surface area contributed by atoms with Crippen LogP contribution in [0.2, 0.25) is 0 Å². The van der Waals surface area contributed by atoms with Crippen LogP contribution in [-0.4, -0.2) is 40.7 Å². The van der Waals surface area contributed by atoms with Gasteiger partial charge < -0.3 is 14.8 Å². The number of rotatable bonds is 5. The maximum absolute atomic E-state index is 14.4. The van der Waals surface area contributed by atoms with Gasteiger partial charge >= 0.3 is 6.18 Å². The number of nitrogens with zero attached hydrogens (tertiary/aromatic N) is 2. The van der Waals surface area contributed by atoms with E-state index in [1.54, 1.807) is 20.2 Å². The summed E-state index contributed by atoms with van der Waals surface area (Å²) in [6, 6.07) is 1.32. The van der Waals surface area contributed by atoms with Crippen LogP contribution >= 0.6 is 0 Å². The van der Waals surface area contributed by atoms with Gasteiger partial charge in [0, 0.05) is 36.2 Å². The van der Waals surface area contributed by atoms with E-state index in [9.17, 15) is 26.7 Å². The predicted molar refractivity (Wildman–Crippen MR) is 104 cm³/mol. The Hall–Kier alpha value is -2.69. The molecule has 0 saturated carbocycles. The minimum atomic E-state index is -4.82. The molecule has 5 atom stereocenters. The number of alkyl halides is 3. The Kier molecular flexibility index (Phi) is 6.25. The van der Waals surface area contributed by atoms with Crippen molar-refractivity contribution < 1.29 is 36.2 Å². The second kappa shape index (κ2) is 8.34. The van der Waals surface area contributed by atoms with Gasteiger partial charge in [-0.05, 0) is 19.9 Å². The molecule has 1 aliphatic heterocycles. The summed E-state index contributed by atoms with van der Waals surface area (Å²) in [5, 5.41) is 6.64. The Labute approximate surface area is 181 Å². The van der Waals surface area contributed by atoms with E-state index in [1.807, 2.05) is 0 Å². The van der Waals surface area contributed by atoms with Gasteiger partial charge in [-0.1, -0.05) is 13.0 Å². The van der Waals surface area contributed by atoms with Gasteiger partial charge in [-0.2, -0.15) is 22.7 Å². The molecule has 6 nitrogen and oxygen atoms in total. The molecule has 0 spiro atoms. The Morgan fingerprint density at radius 3 is 2.53 bits per heavy atom. The van der Waals surface area contributed by atoms with Crippen LogP contribution in [0.1, 0.15) is 43.9 Å². The number of benzene rings is 1. The molecule has 1 N–H and O–H groups in total. The minimum absolute atomic E-state index is 0.0824. The highest BCUT2D eigenvalue weighted by atomic mass is 19.4. The van der Waals surface area contributed by atoms with Crippen molar-refractivity contribution in [3.63, 3.8) is 0 Å². The maximum Gasteiger partial charge on any atom is 0.417 e. The number of aryl methyl sites for hydroxylation is 1. The first kappa shape index (κ1) is 24.0. The van der Waals surface area contributed by atoms with Gasteiger partial charge in [0.05, 0.1) is 19.3 Å². The third kappa shape index (κ3) is 3.94. The second-order valence-electron chi connectivity index (χ2n) is 8.12. The maximum atomic E-state index is 14.4. The number of aromatic nitrogens is 2. The van der Waals surface area contributed by atoms with Crippen molar-refractivity contribution in [2.24, 2.45) is 13.0 Å². The molecule has 0 aliphatic carbocycles. The van der Waals surface area contributed by atoms with E-state index in [0.29, 0.717) is 5.56 Å². The molecule has 176 valence electrons. The van der Waals surface area contributed by atoms with Crippen LogP contribution in [0.4, 0.5) is 22.0 Å². The molecule has 2 aromatic rings. The monoisotopic (exact) mass is 461 g/mol. The lowest BCUT2D eigenvalue weighted by Gasteiger charge is -2.32. The minimum Gasteiger partial charge on any atom is -0.493 e. The number of carbonyl (C=O) groups is 1. The first-order valence-corrected chi connectivity index (χ1v) is 9.87. The van der Waals surface area contributed by atoms with Gasteiger partial charge in [0.2, 0.25) is 11.7 Å². The van der Waals surface area contributed by atoms with E-state index >= 15 is 0 Å². The van der Waals surface area contributed by atoms with Crippen LogP contribution in [0.3, 0.4) is 0 Å². The van der Waals surface area contributed by atoms with Crippen molar-refractivity contribution >= 4 is 5.91 Å². The highest BCUT2D eigenvalue weighted by Gasteiger charge is 2.65. The lowest BCUT2D eigenvalue weighted by molar-refractivity contribution is -0.272. The molecular weight excluding hydrogens is 437 g/mol. The third-order valence-electron chi connectivity index (χ3n) is 6.15. The summed E-state index contributed by atoms with van der Waals surface area (Å²) >= 11 is 0. The van der Waals surface area contributed by atoms with Gasteiger partial charge in [-0.15, -0.1) is 0 Å². The fraction of sp³-hybridized carbons (Fsp3) is 0.524. The Morgan fingerprint density at radius 2 is 2.00 bits per heavy atom. The van der Waals surface area contributed by atoms with Gasteiger partial charge in [0.15, 0.2) is 17.2 Å². The highest BCUT2D eigenvalue weighted by molar-refractivity contribution is 5.83. The van der Waals surface area contributed by atoms with Gasteiger partial charge in [0.25, 0.3) is 0 Å². The normalized spacial score (nSPS) is 26.8. The van der Waals surface area contributed by atoms with Crippen LogP contribution in [-0.2, 0) is 16.6 Å². The summed E-state index contributed by atoms with van der Waals surface area (Å²) in [6.07, 6.45) is -3.28. The zero-order valence-corrected chi connectivity index (χ0v) is 18.1. The summed E-state index contributed by atoms with van der Waals surface area (Å²) in [7, 11) is 2.75. The predicted octanol–water partition coefficient (Wildman–Crippen LogP) is 4.02. The van der Waals surface area contributed by atoms with Crippen LogP contribution < -0.4 is 10.1 Å². The topological polar surface area (TPSA) is 65.4 Å². The molecule has 1 aliphatic rings. The lowest BCUT2D eigenvalue weighted by Crippen LogP contribution is -2.47. The average molecular weight is 461 g/mol. The number of hydrogen-bond acceptors (Lipinski definition) is 4. The molecule has 1 aromatic carbocycles. The zero-order valence-electron chi connectivity index (χ0n) is 18.1. The SMILES string of the molecule is COc1c([C@H]2[C@H](C(=O)N[C@@H](C)c3cnn(C)c3)O[C@@](C)(C(F)(F)F)[C@H]2C)ccc(F)c1F. The third-order valence-corrected chi connectivity index (χ3v) is 6.15. The molecule has 32 heavy (non-hydrogen) atoms. The molecule has 1 saturated heterocycles. The zero-order chi connectivity index (χ0) is 24.0. The molecule has 3 rings (SSSR count). The molecule has 0 unspecified atom stereocenters. The Balaban J connectivity index is 2.04. The van der Waals surface area contributed by atoms with Gasteiger partial charge in [-0.3, -0.25) is 9.48 Å². The van der Waals surface area contributed by atoms with E-state index in [4.69, 9.17) is 9.47 Å². The summed E-state index contributed by atoms with van der Waals surface area (Å²) in [6.45, 7) is 3.74. The quantitative estimate of drug-likeness (QED) is 0.684. The van der Waals surface area contributed by atoms with E-state index in [1.165, 1.54) is 17.8 Å². The van der Waals surface area contributed by atoms with Crippen molar-refractivity contribution in [2.75, 3.05) is 7.11 Å². The van der Waals surface area contributed by atoms with Gasteiger partial charge in [-0.25, -0.2) is 4.39 Å². The largest absolute Gasteiger partial charge is 0.493 e. The first-order valence-electron chi connectivity index (χ1n) is 9.87. The summed E-state index contributed by atoms with van der Waals surface area (Å²) in [5.41, 5.74) is -2.15. The van der Waals surface area contributed by atoms with Crippen LogP contribution in [0, 0.1) is 17.6 Å². The van der Waals surface area contributed by atoms with Crippen molar-refractivity contribution in [2.45, 2.75) is 50.6 Å². The molecule has 1 aromatic heterocycles. The second-order valence-corrected chi connectivity index (χ2v) is 8.12. The van der Waals surface area contributed by atoms with Crippen molar-refractivity contribution in [3.05, 3.63) is 47.3 Å². The van der Waals surface area contributed by atoms with E-state index in [-0.39, 0.29) is 5.56 Å². The standard InChI is InChI=1S/C21H24F5N3O3/c1-10-15(13-6-7-14(22)16(23)17(13)31-5)18(32-20(10,3)21(24,25)26)19(30)28-11(2)12-8-27-29(4)9-12/h6-11,15,18H,1-5H3,(H,28,30)/t10-,11-,15-,18+,20+/m0/s1. The fourth-order valence-corrected chi connectivity index (χ4v) is 4.08. The molecule has 2 heterocycles. The van der Waals surface area contributed by atoms with E-state index < -0.39 is 59.1 Å². The Morgan fingerprint density at radius 1 is 1.34 bits per heavy atom. The van der Waals surface area contributed by atoms with Crippen LogP contribution in [0.25, 0.3) is 0 Å². The van der Waals surface area contributed by atoms with Crippen molar-refractivity contribution in [1.29, 1.82) is 0 Å². The molecule has 0 radical (unpaired) electrons. The number of hydrogen-bond donors (Lipinski definition) is 1. The molecule has 11 heteroatoms. The summed E-state index contributed by atoms with van der Waals surface area (Å²) in [4.78, 5) is 13.1. The van der Waals surface area contributed by atoms with Crippen LogP contribution in [0.5, 0.6) is 5.75 Å². The molecular formula is C21H24F5N3O3. The number of carbonyl (C=O) groups excluding carboxylic acids is 1. The number of amides is 1. The average Bonchev–Trinajstić information content (AvgIpc) is 3.26. The summed E-state index contributed by atoms with van der Waals surface area (Å²) in [5.74, 6) is -6.52. The fourth-order valence-electron chi connectivity index (χ4n) is 4.08. The molecule has 1 amide bonds. The van der Waals surface area contributed by atoms with Gasteiger partial charge in [0.1, 0.15) is 6.10 Å². The molecule has 0 bridgehead atoms. The van der Waals surface area contributed by atoms with E-state index in [2.05, 4.69) is 10.4 Å². The van der Waals surface area contributed by atoms with E-state index in [0.717, 1.165) is 26.2 Å². The van der Waals surface area contributed by atoms with Crippen molar-refractivity contribution in [3.8, 4) is 5.75 Å². The number of nitrogens with one attached hydrogen (secondary N) is 1. The lowest BCUT2D eigenvalue weighted by atomic mass is 9.77. The number of ether oxygens (including phenoxy) is 2. The highest BCUT2D eigenvalue weighted by Crippen LogP contribution is 2.54. The number of halogens is 5. The first-order chi connectivity index (χ1) is 14.8. The van der Waals surface area contributed by atoms with Crippen molar-refractivity contribution in [1.82, 2.24) is 15.1 Å². The number of methoxy groups -OCH3 is 1. The molecule has 1 fully saturated rings. The Bertz CT molecular complexity index is 1010. The smallest absolute Gasteiger partial charge is 0.417 e. The summed E-state index contributed by atoms with van der Waals surface area (Å²) < 4.78 is 81.7. The van der Waals surface area contributed by atoms with Crippen LogP contribution in [0.15, 0.2) is 24.5 Å².